The fourth-order valence-electron chi connectivity index (χ4n) is 2.19. The Morgan fingerprint density at radius 2 is 1.40 bits per heavy atom. The van der Waals surface area contributed by atoms with Crippen LogP contribution in [-0.4, -0.2) is 12.4 Å². The summed E-state index contributed by atoms with van der Waals surface area (Å²) in [5, 5.41) is 0. The number of ether oxygens (including phenoxy) is 1. The van der Waals surface area contributed by atoms with Gasteiger partial charge in [-0.3, -0.25) is 9.69 Å². The zero-order valence-electron chi connectivity index (χ0n) is 11.0. The second-order valence-electron chi connectivity index (χ2n) is 4.58. The number of anilines is 2. The van der Waals surface area contributed by atoms with Crippen LogP contribution in [-0.2, 0) is 9.53 Å². The number of para-hydroxylation sites is 2. The highest BCUT2D eigenvalue weighted by atomic mass is 16.5. The average Bonchev–Trinajstić information content (AvgIpc) is 2.52. The molecule has 0 aliphatic carbocycles. The average molecular weight is 265 g/mol. The maximum absolute atomic E-state index is 11.3. The van der Waals surface area contributed by atoms with Gasteiger partial charge in [-0.25, -0.2) is 0 Å². The molecule has 0 N–H and O–H groups in total. The SMILES string of the molecule is O=C1CC=C(N(c2ccccc2)c2ccccc2)OC1. The lowest BCUT2D eigenvalue weighted by atomic mass is 10.2. The highest BCUT2D eigenvalue weighted by molar-refractivity contribution is 5.83. The van der Waals surface area contributed by atoms with Crippen LogP contribution < -0.4 is 4.90 Å². The molecule has 3 rings (SSSR count). The quantitative estimate of drug-likeness (QED) is 0.848. The molecule has 0 unspecified atom stereocenters. The number of Topliss-reactive ketones (excluding diaryl/α,β-unsaturated/α-hetero) is 1. The van der Waals surface area contributed by atoms with E-state index in [0.29, 0.717) is 12.3 Å². The normalized spacial score (nSPS) is 14.4. The Kier molecular flexibility index (Phi) is 3.50. The summed E-state index contributed by atoms with van der Waals surface area (Å²) in [7, 11) is 0. The number of hydrogen-bond acceptors (Lipinski definition) is 3. The van der Waals surface area contributed by atoms with Crippen LogP contribution in [0.5, 0.6) is 0 Å². The molecule has 0 fully saturated rings. The summed E-state index contributed by atoms with van der Waals surface area (Å²) >= 11 is 0. The zero-order valence-corrected chi connectivity index (χ0v) is 11.0. The molecule has 0 aromatic heterocycles. The minimum Gasteiger partial charge on any atom is -0.471 e. The van der Waals surface area contributed by atoms with E-state index < -0.39 is 0 Å². The van der Waals surface area contributed by atoms with Gasteiger partial charge in [0.25, 0.3) is 0 Å². The molecular weight excluding hydrogens is 250 g/mol. The van der Waals surface area contributed by atoms with Crippen molar-refractivity contribution >= 4 is 17.2 Å². The van der Waals surface area contributed by atoms with E-state index in [2.05, 4.69) is 0 Å². The van der Waals surface area contributed by atoms with E-state index in [1.54, 1.807) is 0 Å². The molecule has 0 saturated carbocycles. The molecule has 0 spiro atoms. The molecule has 2 aromatic carbocycles. The number of rotatable bonds is 3. The molecule has 3 nitrogen and oxygen atoms in total. The van der Waals surface area contributed by atoms with Crippen molar-refractivity contribution in [2.45, 2.75) is 6.42 Å². The predicted octanol–water partition coefficient (Wildman–Crippen LogP) is 3.66. The Balaban J connectivity index is 2.03. The molecular formula is C17H15NO2. The minimum atomic E-state index is 0.106. The minimum absolute atomic E-state index is 0.106. The summed E-state index contributed by atoms with van der Waals surface area (Å²) in [6, 6.07) is 20.0. The first kappa shape index (κ1) is 12.5. The summed E-state index contributed by atoms with van der Waals surface area (Å²) in [6.07, 6.45) is 2.26. The fraction of sp³-hybridized carbons (Fsp3) is 0.118. The van der Waals surface area contributed by atoms with Crippen molar-refractivity contribution in [1.29, 1.82) is 0 Å². The summed E-state index contributed by atoms with van der Waals surface area (Å²) in [4.78, 5) is 13.3. The van der Waals surface area contributed by atoms with Crippen LogP contribution in [0.2, 0.25) is 0 Å². The van der Waals surface area contributed by atoms with Gasteiger partial charge in [-0.2, -0.15) is 0 Å². The van der Waals surface area contributed by atoms with Gasteiger partial charge in [-0.15, -0.1) is 0 Å². The molecule has 0 atom stereocenters. The highest BCUT2D eigenvalue weighted by Crippen LogP contribution is 2.31. The molecule has 0 bridgehead atoms. The first-order valence-corrected chi connectivity index (χ1v) is 6.59. The van der Waals surface area contributed by atoms with E-state index in [0.717, 1.165) is 11.4 Å². The molecule has 0 saturated heterocycles. The van der Waals surface area contributed by atoms with E-state index in [1.165, 1.54) is 0 Å². The Morgan fingerprint density at radius 1 is 0.850 bits per heavy atom. The van der Waals surface area contributed by atoms with Gasteiger partial charge in [0, 0.05) is 17.8 Å². The molecule has 1 aliphatic heterocycles. The lowest BCUT2D eigenvalue weighted by Gasteiger charge is -2.28. The molecule has 20 heavy (non-hydrogen) atoms. The van der Waals surface area contributed by atoms with Gasteiger partial charge in [-0.1, -0.05) is 36.4 Å². The monoisotopic (exact) mass is 265 g/mol. The second-order valence-corrected chi connectivity index (χ2v) is 4.58. The van der Waals surface area contributed by atoms with Crippen molar-refractivity contribution in [1.82, 2.24) is 0 Å². The van der Waals surface area contributed by atoms with Gasteiger partial charge in [0.1, 0.15) is 6.61 Å². The number of benzene rings is 2. The second kappa shape index (κ2) is 5.61. The van der Waals surface area contributed by atoms with Crippen molar-refractivity contribution in [3.05, 3.63) is 72.6 Å². The number of nitrogens with zero attached hydrogens (tertiary/aromatic N) is 1. The number of allylic oxidation sites excluding steroid dienone is 1. The zero-order chi connectivity index (χ0) is 13.8. The third kappa shape index (κ3) is 2.57. The number of hydrogen-bond donors (Lipinski definition) is 0. The summed E-state index contributed by atoms with van der Waals surface area (Å²) in [6.45, 7) is 0.141. The lowest BCUT2D eigenvalue weighted by Crippen LogP contribution is -2.24. The van der Waals surface area contributed by atoms with Crippen molar-refractivity contribution in [3.63, 3.8) is 0 Å². The van der Waals surface area contributed by atoms with Crippen LogP contribution in [0.25, 0.3) is 0 Å². The number of carbonyl (C=O) groups is 1. The van der Waals surface area contributed by atoms with Crippen LogP contribution >= 0.6 is 0 Å². The summed E-state index contributed by atoms with van der Waals surface area (Å²) in [5.41, 5.74) is 2.03. The molecule has 3 heteroatoms. The Bertz CT molecular complexity index is 580. The van der Waals surface area contributed by atoms with Crippen LogP contribution in [0, 0.1) is 0 Å². The van der Waals surface area contributed by atoms with Gasteiger partial charge in [0.2, 0.25) is 0 Å². The first-order valence-electron chi connectivity index (χ1n) is 6.59. The molecule has 0 amide bonds. The molecule has 0 radical (unpaired) electrons. The molecule has 100 valence electrons. The van der Waals surface area contributed by atoms with Crippen LogP contribution in [0.1, 0.15) is 6.42 Å². The highest BCUT2D eigenvalue weighted by Gasteiger charge is 2.20. The van der Waals surface area contributed by atoms with E-state index >= 15 is 0 Å². The third-order valence-electron chi connectivity index (χ3n) is 3.13. The smallest absolute Gasteiger partial charge is 0.195 e. The molecule has 1 aliphatic rings. The topological polar surface area (TPSA) is 29.5 Å². The van der Waals surface area contributed by atoms with Crippen molar-refractivity contribution in [2.24, 2.45) is 0 Å². The van der Waals surface area contributed by atoms with Gasteiger partial charge < -0.3 is 4.74 Å². The van der Waals surface area contributed by atoms with Crippen molar-refractivity contribution in [3.8, 4) is 0 Å². The Labute approximate surface area is 118 Å². The van der Waals surface area contributed by atoms with Gasteiger partial charge >= 0.3 is 0 Å². The van der Waals surface area contributed by atoms with E-state index in [-0.39, 0.29) is 12.4 Å². The standard InChI is InChI=1S/C17H15NO2/c19-16-11-12-17(20-13-16)18(14-7-3-1-4-8-14)15-9-5-2-6-10-15/h1-10,12H,11,13H2. The van der Waals surface area contributed by atoms with E-state index in [9.17, 15) is 4.79 Å². The summed E-state index contributed by atoms with van der Waals surface area (Å²) in [5.74, 6) is 0.817. The summed E-state index contributed by atoms with van der Waals surface area (Å²) < 4.78 is 5.60. The predicted molar refractivity (Wildman–Crippen MR) is 78.7 cm³/mol. The largest absolute Gasteiger partial charge is 0.471 e. The Morgan fingerprint density at radius 3 is 1.85 bits per heavy atom. The maximum Gasteiger partial charge on any atom is 0.195 e. The maximum atomic E-state index is 11.3. The molecule has 2 aromatic rings. The van der Waals surface area contributed by atoms with E-state index in [4.69, 9.17) is 4.74 Å². The van der Waals surface area contributed by atoms with Crippen LogP contribution in [0.4, 0.5) is 11.4 Å². The molecule has 1 heterocycles. The first-order chi connectivity index (χ1) is 9.84. The fourth-order valence-corrected chi connectivity index (χ4v) is 2.19. The van der Waals surface area contributed by atoms with Gasteiger partial charge in [-0.05, 0) is 30.3 Å². The van der Waals surface area contributed by atoms with Gasteiger partial charge in [0.05, 0.1) is 0 Å². The van der Waals surface area contributed by atoms with Crippen LogP contribution in [0.3, 0.4) is 0 Å². The number of carbonyl (C=O) groups excluding carboxylic acids is 1. The lowest BCUT2D eigenvalue weighted by molar-refractivity contribution is -0.122. The van der Waals surface area contributed by atoms with E-state index in [1.807, 2.05) is 71.6 Å². The van der Waals surface area contributed by atoms with Crippen LogP contribution in [0.15, 0.2) is 72.6 Å². The van der Waals surface area contributed by atoms with Gasteiger partial charge in [0.15, 0.2) is 11.7 Å². The number of ketones is 1. The Hall–Kier alpha value is -2.55. The van der Waals surface area contributed by atoms with Crippen molar-refractivity contribution < 1.29 is 9.53 Å². The van der Waals surface area contributed by atoms with Crippen molar-refractivity contribution in [2.75, 3.05) is 11.5 Å². The third-order valence-corrected chi connectivity index (χ3v) is 3.13.